The largest absolute Gasteiger partial charge is 0.481 e. The number of nitrogens with zero attached hydrogens (tertiary/aromatic N) is 1. The monoisotopic (exact) mass is 276 g/mol. The molecule has 1 aliphatic rings. The minimum Gasteiger partial charge on any atom is -0.481 e. The highest BCUT2D eigenvalue weighted by Crippen LogP contribution is 2.35. The minimum atomic E-state index is -0.767. The van der Waals surface area contributed by atoms with Crippen molar-refractivity contribution in [1.29, 1.82) is 0 Å². The van der Waals surface area contributed by atoms with E-state index in [1.807, 2.05) is 30.3 Å². The number of aliphatic carboxylic acids is 1. The first-order chi connectivity index (χ1) is 9.55. The second-order valence-corrected chi connectivity index (χ2v) is 5.90. The first-order valence-electron chi connectivity index (χ1n) is 7.21. The summed E-state index contributed by atoms with van der Waals surface area (Å²) < 4.78 is 0. The molecular weight excluding hydrogens is 252 g/mol. The molecular formula is C16H24N2O2. The van der Waals surface area contributed by atoms with E-state index in [4.69, 9.17) is 0 Å². The zero-order valence-electron chi connectivity index (χ0n) is 12.3. The van der Waals surface area contributed by atoms with E-state index in [-0.39, 0.29) is 5.54 Å². The van der Waals surface area contributed by atoms with Crippen LogP contribution in [-0.4, -0.2) is 48.7 Å². The molecule has 110 valence electrons. The van der Waals surface area contributed by atoms with Gasteiger partial charge >= 0.3 is 5.97 Å². The van der Waals surface area contributed by atoms with Crippen LogP contribution in [0.1, 0.15) is 30.7 Å². The normalized spacial score (nSPS) is 18.6. The Morgan fingerprint density at radius 3 is 2.45 bits per heavy atom. The Hall–Kier alpha value is -1.39. The van der Waals surface area contributed by atoms with E-state index in [0.29, 0.717) is 6.54 Å². The summed E-state index contributed by atoms with van der Waals surface area (Å²) in [7, 11) is 4.21. The second-order valence-electron chi connectivity index (χ2n) is 5.90. The fourth-order valence-corrected chi connectivity index (χ4v) is 2.85. The summed E-state index contributed by atoms with van der Waals surface area (Å²) in [6, 6.07) is 9.44. The fourth-order valence-electron chi connectivity index (χ4n) is 2.85. The number of benzene rings is 1. The summed E-state index contributed by atoms with van der Waals surface area (Å²) in [6.07, 6.45) is 3.65. The molecule has 1 fully saturated rings. The molecule has 1 aliphatic carbocycles. The van der Waals surface area contributed by atoms with Gasteiger partial charge in [0.2, 0.25) is 0 Å². The quantitative estimate of drug-likeness (QED) is 0.799. The molecule has 1 aromatic rings. The third-order valence-corrected chi connectivity index (χ3v) is 4.54. The molecule has 0 amide bonds. The SMILES string of the molecule is CN(C)C1(CNCC(C(=O)O)c2ccccc2)CCC1. The van der Waals surface area contributed by atoms with E-state index >= 15 is 0 Å². The van der Waals surface area contributed by atoms with Gasteiger partial charge in [0.05, 0.1) is 5.92 Å². The predicted molar refractivity (Wildman–Crippen MR) is 80.0 cm³/mol. The Kier molecular flexibility index (Phi) is 4.78. The highest BCUT2D eigenvalue weighted by molar-refractivity contribution is 5.76. The summed E-state index contributed by atoms with van der Waals surface area (Å²) in [5.74, 6) is -1.24. The van der Waals surface area contributed by atoms with Crippen LogP contribution < -0.4 is 5.32 Å². The molecule has 0 heterocycles. The van der Waals surface area contributed by atoms with E-state index in [9.17, 15) is 9.90 Å². The fraction of sp³-hybridized carbons (Fsp3) is 0.562. The molecule has 0 spiro atoms. The standard InChI is InChI=1S/C16H24N2O2/c1-18(2)16(9-6-10-16)12-17-11-14(15(19)20)13-7-4-3-5-8-13/h3-5,7-8,14,17H,6,9-12H2,1-2H3,(H,19,20). The van der Waals surface area contributed by atoms with Crippen molar-refractivity contribution in [3.8, 4) is 0 Å². The molecule has 0 bridgehead atoms. The molecule has 0 aliphatic heterocycles. The third kappa shape index (κ3) is 3.19. The molecule has 0 radical (unpaired) electrons. The molecule has 2 rings (SSSR count). The van der Waals surface area contributed by atoms with Gasteiger partial charge in [0.25, 0.3) is 0 Å². The number of hydrogen-bond donors (Lipinski definition) is 2. The van der Waals surface area contributed by atoms with Crippen molar-refractivity contribution >= 4 is 5.97 Å². The van der Waals surface area contributed by atoms with E-state index in [1.165, 1.54) is 19.3 Å². The van der Waals surface area contributed by atoms with Crippen LogP contribution >= 0.6 is 0 Å². The first-order valence-corrected chi connectivity index (χ1v) is 7.21. The zero-order valence-corrected chi connectivity index (χ0v) is 12.3. The lowest BCUT2D eigenvalue weighted by atomic mass is 9.75. The number of likely N-dealkylation sites (N-methyl/N-ethyl adjacent to an activating group) is 1. The van der Waals surface area contributed by atoms with Crippen LogP contribution in [0.15, 0.2) is 30.3 Å². The van der Waals surface area contributed by atoms with Crippen molar-refractivity contribution in [2.24, 2.45) is 0 Å². The summed E-state index contributed by atoms with van der Waals surface area (Å²) in [5, 5.41) is 12.8. The number of rotatable bonds is 7. The van der Waals surface area contributed by atoms with Gasteiger partial charge in [-0.25, -0.2) is 0 Å². The van der Waals surface area contributed by atoms with Gasteiger partial charge in [0, 0.05) is 18.6 Å². The molecule has 1 saturated carbocycles. The zero-order chi connectivity index (χ0) is 14.6. The second kappa shape index (κ2) is 6.37. The van der Waals surface area contributed by atoms with Crippen molar-refractivity contribution < 1.29 is 9.90 Å². The molecule has 1 unspecified atom stereocenters. The first kappa shape index (κ1) is 15.0. The van der Waals surface area contributed by atoms with Crippen LogP contribution in [0.3, 0.4) is 0 Å². The maximum atomic E-state index is 11.4. The Bertz CT molecular complexity index is 441. The number of carboxylic acids is 1. The van der Waals surface area contributed by atoms with E-state index in [1.54, 1.807) is 0 Å². The summed E-state index contributed by atoms with van der Waals surface area (Å²) >= 11 is 0. The van der Waals surface area contributed by atoms with Crippen molar-refractivity contribution in [3.63, 3.8) is 0 Å². The topological polar surface area (TPSA) is 52.6 Å². The summed E-state index contributed by atoms with van der Waals surface area (Å²) in [4.78, 5) is 13.7. The molecule has 2 N–H and O–H groups in total. The molecule has 4 heteroatoms. The van der Waals surface area contributed by atoms with Crippen molar-refractivity contribution in [3.05, 3.63) is 35.9 Å². The average molecular weight is 276 g/mol. The van der Waals surface area contributed by atoms with Gasteiger partial charge < -0.3 is 15.3 Å². The van der Waals surface area contributed by atoms with Gasteiger partial charge in [0.15, 0.2) is 0 Å². The van der Waals surface area contributed by atoms with Gasteiger partial charge in [-0.2, -0.15) is 0 Å². The lowest BCUT2D eigenvalue weighted by molar-refractivity contribution is -0.138. The number of carbonyl (C=O) groups is 1. The molecule has 0 aromatic heterocycles. The molecule has 20 heavy (non-hydrogen) atoms. The average Bonchev–Trinajstić information content (AvgIpc) is 2.37. The smallest absolute Gasteiger partial charge is 0.312 e. The number of carboxylic acid groups (broad SMARTS) is 1. The van der Waals surface area contributed by atoms with Crippen LogP contribution in [0.2, 0.25) is 0 Å². The Labute approximate surface area is 120 Å². The van der Waals surface area contributed by atoms with Crippen LogP contribution in [0.5, 0.6) is 0 Å². The maximum absolute atomic E-state index is 11.4. The van der Waals surface area contributed by atoms with Crippen molar-refractivity contribution in [1.82, 2.24) is 10.2 Å². The van der Waals surface area contributed by atoms with E-state index in [0.717, 1.165) is 12.1 Å². The maximum Gasteiger partial charge on any atom is 0.312 e. The predicted octanol–water partition coefficient (Wildman–Crippen LogP) is 1.93. The molecule has 1 aromatic carbocycles. The minimum absolute atomic E-state index is 0.222. The van der Waals surface area contributed by atoms with Gasteiger partial charge in [-0.15, -0.1) is 0 Å². The summed E-state index contributed by atoms with van der Waals surface area (Å²) in [5.41, 5.74) is 1.08. The molecule has 1 atom stereocenters. The van der Waals surface area contributed by atoms with Crippen molar-refractivity contribution in [2.45, 2.75) is 30.7 Å². The lowest BCUT2D eigenvalue weighted by Crippen LogP contribution is -2.56. The highest BCUT2D eigenvalue weighted by atomic mass is 16.4. The highest BCUT2D eigenvalue weighted by Gasteiger charge is 2.38. The van der Waals surface area contributed by atoms with Gasteiger partial charge in [-0.3, -0.25) is 4.79 Å². The number of nitrogens with one attached hydrogen (secondary N) is 1. The Morgan fingerprint density at radius 2 is 2.00 bits per heavy atom. The summed E-state index contributed by atoms with van der Waals surface area (Å²) in [6.45, 7) is 1.34. The van der Waals surface area contributed by atoms with Crippen molar-refractivity contribution in [2.75, 3.05) is 27.2 Å². The van der Waals surface area contributed by atoms with Crippen LogP contribution in [0, 0.1) is 0 Å². The van der Waals surface area contributed by atoms with E-state index in [2.05, 4.69) is 24.3 Å². The van der Waals surface area contributed by atoms with Crippen LogP contribution in [0.25, 0.3) is 0 Å². The van der Waals surface area contributed by atoms with Gasteiger partial charge in [0.1, 0.15) is 0 Å². The van der Waals surface area contributed by atoms with Crippen LogP contribution in [-0.2, 0) is 4.79 Å². The van der Waals surface area contributed by atoms with Crippen LogP contribution in [0.4, 0.5) is 0 Å². The Morgan fingerprint density at radius 1 is 1.35 bits per heavy atom. The molecule has 0 saturated heterocycles. The molecule has 4 nitrogen and oxygen atoms in total. The Balaban J connectivity index is 1.92. The van der Waals surface area contributed by atoms with E-state index < -0.39 is 11.9 Å². The van der Waals surface area contributed by atoms with Gasteiger partial charge in [-0.05, 0) is 38.9 Å². The lowest BCUT2D eigenvalue weighted by Gasteiger charge is -2.47. The number of hydrogen-bond acceptors (Lipinski definition) is 3. The van der Waals surface area contributed by atoms with Gasteiger partial charge in [-0.1, -0.05) is 30.3 Å². The third-order valence-electron chi connectivity index (χ3n) is 4.54.